The van der Waals surface area contributed by atoms with E-state index in [2.05, 4.69) is 111 Å². The highest BCUT2D eigenvalue weighted by atomic mass is 31.2. The summed E-state index contributed by atoms with van der Waals surface area (Å²) in [4.78, 5) is 38.1. The van der Waals surface area contributed by atoms with Gasteiger partial charge in [-0.3, -0.25) is 14.2 Å². The van der Waals surface area contributed by atoms with Gasteiger partial charge in [-0.2, -0.15) is 0 Å². The fraction of sp³-hybridized carbons (Fsp3) is 0.757. The number of hydrogen-bond acceptors (Lipinski definition) is 8. The molecule has 486 valence electrons. The van der Waals surface area contributed by atoms with Crippen LogP contribution in [0.1, 0.15) is 309 Å². The number of nitrogens with zero attached hydrogens (tertiary/aromatic N) is 1. The molecule has 9 nitrogen and oxygen atoms in total. The SMILES string of the molecule is CC/C=C\C/C=C\C/C=C\C/C=C\CCCCCCCCCCCCCCCCCCCCCCCCC(=O)OC(COC(=O)CCCCCCCCCCCCCC/C=C\C/C=C\C/C=C\C/C=C\CC)COP(=O)([O-])OCC[N+](C)(C)C. The lowest BCUT2D eigenvalue weighted by atomic mass is 10.0. The molecule has 2 unspecified atom stereocenters. The van der Waals surface area contributed by atoms with Gasteiger partial charge in [0.05, 0.1) is 27.7 Å². The molecule has 0 aromatic carbocycles. The maximum absolute atomic E-state index is 12.9. The van der Waals surface area contributed by atoms with Crippen molar-refractivity contribution in [1.29, 1.82) is 0 Å². The summed E-state index contributed by atoms with van der Waals surface area (Å²) < 4.78 is 34.3. The first-order chi connectivity index (χ1) is 41.0. The van der Waals surface area contributed by atoms with Crippen LogP contribution in [0.4, 0.5) is 0 Å². The predicted molar refractivity (Wildman–Crippen MR) is 360 cm³/mol. The number of phosphoric acid groups is 1. The maximum Gasteiger partial charge on any atom is 0.306 e. The highest BCUT2D eigenvalue weighted by Crippen LogP contribution is 2.38. The molecule has 10 heteroatoms. The van der Waals surface area contributed by atoms with E-state index in [9.17, 15) is 19.0 Å². The van der Waals surface area contributed by atoms with Gasteiger partial charge in [0.25, 0.3) is 7.82 Å². The molecule has 0 aliphatic carbocycles. The van der Waals surface area contributed by atoms with Crippen LogP contribution in [0.15, 0.2) is 97.2 Å². The van der Waals surface area contributed by atoms with Crippen molar-refractivity contribution in [2.75, 3.05) is 47.5 Å². The van der Waals surface area contributed by atoms with Crippen molar-refractivity contribution in [2.45, 2.75) is 315 Å². The summed E-state index contributed by atoms with van der Waals surface area (Å²) in [5.41, 5.74) is 0. The van der Waals surface area contributed by atoms with Crippen molar-refractivity contribution in [3.8, 4) is 0 Å². The number of phosphoric ester groups is 1. The normalized spacial score (nSPS) is 13.7. The summed E-state index contributed by atoms with van der Waals surface area (Å²) in [5.74, 6) is -0.826. The zero-order valence-corrected chi connectivity index (χ0v) is 56.2. The minimum Gasteiger partial charge on any atom is -0.756 e. The summed E-state index contributed by atoms with van der Waals surface area (Å²) in [6.45, 7) is 4.05. The lowest BCUT2D eigenvalue weighted by molar-refractivity contribution is -0.870. The summed E-state index contributed by atoms with van der Waals surface area (Å²) in [7, 11) is 1.17. The van der Waals surface area contributed by atoms with Gasteiger partial charge in [0.15, 0.2) is 6.10 Å². The zero-order chi connectivity index (χ0) is 61.2. The van der Waals surface area contributed by atoms with Crippen molar-refractivity contribution in [1.82, 2.24) is 0 Å². The van der Waals surface area contributed by atoms with Gasteiger partial charge in [-0.1, -0.05) is 304 Å². The first kappa shape index (κ1) is 80.9. The van der Waals surface area contributed by atoms with Gasteiger partial charge in [0, 0.05) is 12.8 Å². The van der Waals surface area contributed by atoms with Crippen LogP contribution in [0.25, 0.3) is 0 Å². The highest BCUT2D eigenvalue weighted by Gasteiger charge is 2.22. The van der Waals surface area contributed by atoms with Gasteiger partial charge < -0.3 is 27.9 Å². The third-order valence-electron chi connectivity index (χ3n) is 15.1. The third-order valence-corrected chi connectivity index (χ3v) is 16.1. The molecule has 0 amide bonds. The van der Waals surface area contributed by atoms with Crippen molar-refractivity contribution < 1.29 is 42.1 Å². The first-order valence-corrected chi connectivity index (χ1v) is 36.4. The molecule has 0 aromatic rings. The molecule has 0 aliphatic rings. The molecule has 0 radical (unpaired) electrons. The van der Waals surface area contributed by atoms with Crippen LogP contribution in [0, 0.1) is 0 Å². The molecule has 0 aliphatic heterocycles. The molecule has 0 fully saturated rings. The number of quaternary nitrogens is 1. The van der Waals surface area contributed by atoms with E-state index >= 15 is 0 Å². The Hall–Kier alpha value is -3.07. The Morgan fingerprint density at radius 1 is 0.369 bits per heavy atom. The largest absolute Gasteiger partial charge is 0.756 e. The van der Waals surface area contributed by atoms with Gasteiger partial charge in [0.2, 0.25) is 0 Å². The van der Waals surface area contributed by atoms with Crippen molar-refractivity contribution in [3.05, 3.63) is 97.2 Å². The molecule has 0 spiro atoms. The van der Waals surface area contributed by atoms with E-state index in [0.29, 0.717) is 17.4 Å². The van der Waals surface area contributed by atoms with Crippen molar-refractivity contribution in [2.24, 2.45) is 0 Å². The second-order valence-corrected chi connectivity index (χ2v) is 25.9. The number of carbonyl (C=O) groups excluding carboxylic acids is 2. The van der Waals surface area contributed by atoms with Crippen LogP contribution in [0.3, 0.4) is 0 Å². The number of hydrogen-bond donors (Lipinski definition) is 0. The Morgan fingerprint density at radius 3 is 0.952 bits per heavy atom. The Balaban J connectivity index is 4.00. The molecule has 0 N–H and O–H groups in total. The number of likely N-dealkylation sites (N-methyl/N-ethyl adjacent to an activating group) is 1. The Morgan fingerprint density at radius 2 is 0.643 bits per heavy atom. The molecule has 84 heavy (non-hydrogen) atoms. The predicted octanol–water partition coefficient (Wildman–Crippen LogP) is 22.1. The van der Waals surface area contributed by atoms with Crippen molar-refractivity contribution in [3.63, 3.8) is 0 Å². The second-order valence-electron chi connectivity index (χ2n) is 24.5. The number of rotatable bonds is 64. The average Bonchev–Trinajstić information content (AvgIpc) is 3.61. The van der Waals surface area contributed by atoms with E-state index in [4.69, 9.17) is 18.5 Å². The standard InChI is InChI=1S/C74H132NO8P/c1-6-8-10-12-14-16-18-20-22-24-26-28-30-32-33-34-35-36-37-38-39-40-41-43-45-47-49-51-53-55-57-59-61-63-65-67-74(77)83-72(71-82-84(78,79)81-69-68-75(3,4)5)70-80-73(76)66-64-62-60-58-56-54-52-50-48-46-44-42-31-29-27-25-23-21-19-17-15-13-11-9-7-2/h8-11,14-17,20-23,26-29,72H,6-7,12-13,18-19,24-25,30-71H2,1-5H3/b10-8-,11-9-,16-14-,17-15-,22-20-,23-21-,28-26-,29-27-. The Labute approximate surface area is 519 Å². The fourth-order valence-corrected chi connectivity index (χ4v) is 10.5. The third kappa shape index (κ3) is 68.0. The quantitative estimate of drug-likeness (QED) is 0.0195. The van der Waals surface area contributed by atoms with Crippen LogP contribution in [0.5, 0.6) is 0 Å². The van der Waals surface area contributed by atoms with Gasteiger partial charge in [-0.25, -0.2) is 0 Å². The van der Waals surface area contributed by atoms with Crippen molar-refractivity contribution >= 4 is 19.8 Å². The number of ether oxygens (including phenoxy) is 2. The zero-order valence-electron chi connectivity index (χ0n) is 55.3. The number of unbranched alkanes of at least 4 members (excludes halogenated alkanes) is 34. The maximum atomic E-state index is 12.9. The molecule has 0 bridgehead atoms. The lowest BCUT2D eigenvalue weighted by Crippen LogP contribution is -2.37. The van der Waals surface area contributed by atoms with Crippen LogP contribution in [-0.2, 0) is 32.7 Å². The minimum absolute atomic E-state index is 0.0325. The molecule has 0 heterocycles. The smallest absolute Gasteiger partial charge is 0.306 e. The van der Waals surface area contributed by atoms with Gasteiger partial charge in [-0.15, -0.1) is 0 Å². The van der Waals surface area contributed by atoms with Gasteiger partial charge in [-0.05, 0) is 89.9 Å². The van der Waals surface area contributed by atoms with Gasteiger partial charge >= 0.3 is 11.9 Å². The monoisotopic (exact) mass is 1190 g/mol. The summed E-state index contributed by atoms with van der Waals surface area (Å²) in [6.07, 6.45) is 89.2. The van der Waals surface area contributed by atoms with Crippen LogP contribution < -0.4 is 4.89 Å². The summed E-state index contributed by atoms with van der Waals surface area (Å²) in [6, 6.07) is 0. The van der Waals surface area contributed by atoms with E-state index in [1.54, 1.807) is 0 Å². The fourth-order valence-electron chi connectivity index (χ4n) is 9.82. The minimum atomic E-state index is -4.64. The Kier molecular flexibility index (Phi) is 62.1. The van der Waals surface area contributed by atoms with E-state index in [-0.39, 0.29) is 32.0 Å². The van der Waals surface area contributed by atoms with Crippen LogP contribution in [0.2, 0.25) is 0 Å². The lowest BCUT2D eigenvalue weighted by Gasteiger charge is -2.28. The summed E-state index contributed by atoms with van der Waals surface area (Å²) >= 11 is 0. The number of esters is 2. The van der Waals surface area contributed by atoms with Crippen LogP contribution in [-0.4, -0.2) is 70.0 Å². The van der Waals surface area contributed by atoms with Gasteiger partial charge in [0.1, 0.15) is 19.8 Å². The summed E-state index contributed by atoms with van der Waals surface area (Å²) in [5, 5.41) is 0. The molecule has 0 saturated carbocycles. The topological polar surface area (TPSA) is 111 Å². The number of carbonyl (C=O) groups is 2. The van der Waals surface area contributed by atoms with E-state index < -0.39 is 26.5 Å². The second kappa shape index (κ2) is 64.4. The van der Waals surface area contributed by atoms with E-state index in [1.165, 1.54) is 186 Å². The van der Waals surface area contributed by atoms with Crippen LogP contribution >= 0.6 is 7.82 Å². The first-order valence-electron chi connectivity index (χ1n) is 34.9. The molecule has 2 atom stereocenters. The van der Waals surface area contributed by atoms with E-state index in [0.717, 1.165) is 89.9 Å². The Bertz CT molecular complexity index is 1740. The highest BCUT2D eigenvalue weighted by molar-refractivity contribution is 7.45. The molecule has 0 aromatic heterocycles. The molecular formula is C74H132NO8P. The molecule has 0 rings (SSSR count). The van der Waals surface area contributed by atoms with E-state index in [1.807, 2.05) is 21.1 Å². The average molecular weight is 1190 g/mol. The number of allylic oxidation sites excluding steroid dienone is 16. The molecule has 0 saturated heterocycles. The molecular weight excluding hydrogens is 1060 g/mol.